The van der Waals surface area contributed by atoms with E-state index < -0.39 is 0 Å². The van der Waals surface area contributed by atoms with Gasteiger partial charge in [0.05, 0.1) is 0 Å². The number of carbonyl (C=O) groups excluding carboxylic acids is 2. The lowest BCUT2D eigenvalue weighted by Crippen LogP contribution is -2.30. The summed E-state index contributed by atoms with van der Waals surface area (Å²) in [6, 6.07) is 6.91. The van der Waals surface area contributed by atoms with E-state index in [1.54, 1.807) is 24.3 Å². The number of hydrogen-bond donors (Lipinski definition) is 2. The average Bonchev–Trinajstić information content (AvgIpc) is 3.01. The van der Waals surface area contributed by atoms with Crippen LogP contribution in [0.4, 0.5) is 0 Å². The summed E-state index contributed by atoms with van der Waals surface area (Å²) >= 11 is 0. The number of amides is 2. The molecule has 1 aromatic rings. The summed E-state index contributed by atoms with van der Waals surface area (Å²) in [4.78, 5) is 26.2. The first kappa shape index (κ1) is 15.5. The Balaban J connectivity index is 2.06. The van der Waals surface area contributed by atoms with Crippen LogP contribution in [0.5, 0.6) is 0 Å². The topological polar surface area (TPSA) is 75.4 Å². The summed E-state index contributed by atoms with van der Waals surface area (Å²) in [5.41, 5.74) is 6.75. The number of nitrogens with zero attached hydrogens (tertiary/aromatic N) is 1. The second-order valence-corrected chi connectivity index (χ2v) is 5.48. The van der Waals surface area contributed by atoms with Crippen molar-refractivity contribution in [2.75, 3.05) is 26.2 Å². The lowest BCUT2D eigenvalue weighted by molar-refractivity contribution is 0.0787. The first-order chi connectivity index (χ1) is 10.2. The minimum Gasteiger partial charge on any atom is -0.352 e. The van der Waals surface area contributed by atoms with Gasteiger partial charge in [0.1, 0.15) is 0 Å². The Morgan fingerprint density at radius 1 is 1.38 bits per heavy atom. The normalized spacial score (nSPS) is 17.8. The van der Waals surface area contributed by atoms with Crippen LogP contribution in [-0.4, -0.2) is 42.9 Å². The van der Waals surface area contributed by atoms with Gasteiger partial charge in [-0.3, -0.25) is 9.59 Å². The van der Waals surface area contributed by atoms with Crippen molar-refractivity contribution < 1.29 is 9.59 Å². The molecule has 0 radical (unpaired) electrons. The van der Waals surface area contributed by atoms with E-state index in [1.165, 1.54) is 0 Å². The second kappa shape index (κ2) is 7.22. The third kappa shape index (κ3) is 3.82. The number of likely N-dealkylation sites (tertiary alicyclic amines) is 1. The fourth-order valence-corrected chi connectivity index (χ4v) is 2.53. The molecule has 1 heterocycles. The smallest absolute Gasteiger partial charge is 0.253 e. The zero-order chi connectivity index (χ0) is 15.2. The van der Waals surface area contributed by atoms with Crippen molar-refractivity contribution in [2.45, 2.75) is 19.8 Å². The molecular formula is C16H23N3O2. The highest BCUT2D eigenvalue weighted by atomic mass is 16.2. The largest absolute Gasteiger partial charge is 0.352 e. The SMILES string of the molecule is CCCNC(=O)c1cccc(C(=O)N2CCC(CN)C2)c1. The number of benzene rings is 1. The fraction of sp³-hybridized carbons (Fsp3) is 0.500. The molecule has 2 amide bonds. The summed E-state index contributed by atoms with van der Waals surface area (Å²) in [6.07, 6.45) is 1.84. The van der Waals surface area contributed by atoms with Crippen LogP contribution >= 0.6 is 0 Å². The van der Waals surface area contributed by atoms with E-state index in [2.05, 4.69) is 5.32 Å². The summed E-state index contributed by atoms with van der Waals surface area (Å²) in [7, 11) is 0. The van der Waals surface area contributed by atoms with Crippen molar-refractivity contribution in [3.05, 3.63) is 35.4 Å². The van der Waals surface area contributed by atoms with Gasteiger partial charge in [-0.1, -0.05) is 13.0 Å². The van der Waals surface area contributed by atoms with Crippen LogP contribution in [0.3, 0.4) is 0 Å². The van der Waals surface area contributed by atoms with Crippen molar-refractivity contribution in [1.29, 1.82) is 0 Å². The number of nitrogens with two attached hydrogens (primary N) is 1. The number of nitrogens with one attached hydrogen (secondary N) is 1. The maximum atomic E-state index is 12.5. The standard InChI is InChI=1S/C16H23N3O2/c1-2-7-18-15(20)13-4-3-5-14(9-13)16(21)19-8-6-12(10-17)11-19/h3-5,9,12H,2,6-8,10-11,17H2,1H3,(H,18,20). The van der Waals surface area contributed by atoms with E-state index in [0.717, 1.165) is 19.4 Å². The molecule has 1 atom stereocenters. The van der Waals surface area contributed by atoms with Gasteiger partial charge in [-0.2, -0.15) is 0 Å². The highest BCUT2D eigenvalue weighted by Crippen LogP contribution is 2.18. The third-order valence-corrected chi connectivity index (χ3v) is 3.81. The molecule has 1 saturated heterocycles. The lowest BCUT2D eigenvalue weighted by Gasteiger charge is -2.16. The van der Waals surface area contributed by atoms with Gasteiger partial charge < -0.3 is 16.0 Å². The Morgan fingerprint density at radius 3 is 2.81 bits per heavy atom. The second-order valence-electron chi connectivity index (χ2n) is 5.48. The summed E-state index contributed by atoms with van der Waals surface area (Å²) < 4.78 is 0. The molecule has 5 heteroatoms. The van der Waals surface area contributed by atoms with Gasteiger partial charge in [0, 0.05) is 30.8 Å². The molecule has 2 rings (SSSR count). The Kier molecular flexibility index (Phi) is 5.33. The third-order valence-electron chi connectivity index (χ3n) is 3.81. The molecule has 0 bridgehead atoms. The summed E-state index contributed by atoms with van der Waals surface area (Å²) in [5.74, 6) is 0.244. The first-order valence-corrected chi connectivity index (χ1v) is 7.53. The molecule has 0 aromatic heterocycles. The fourth-order valence-electron chi connectivity index (χ4n) is 2.53. The zero-order valence-corrected chi connectivity index (χ0v) is 12.5. The van der Waals surface area contributed by atoms with E-state index in [9.17, 15) is 9.59 Å². The summed E-state index contributed by atoms with van der Waals surface area (Å²) in [6.45, 7) is 4.71. The van der Waals surface area contributed by atoms with Gasteiger partial charge in [-0.15, -0.1) is 0 Å². The van der Waals surface area contributed by atoms with Crippen molar-refractivity contribution in [2.24, 2.45) is 11.7 Å². The van der Waals surface area contributed by atoms with Crippen molar-refractivity contribution in [3.8, 4) is 0 Å². The van der Waals surface area contributed by atoms with Crippen molar-refractivity contribution in [1.82, 2.24) is 10.2 Å². The van der Waals surface area contributed by atoms with Crippen LogP contribution in [0, 0.1) is 5.92 Å². The molecule has 1 unspecified atom stereocenters. The van der Waals surface area contributed by atoms with E-state index in [-0.39, 0.29) is 11.8 Å². The van der Waals surface area contributed by atoms with Crippen LogP contribution in [0.25, 0.3) is 0 Å². The summed E-state index contributed by atoms with van der Waals surface area (Å²) in [5, 5.41) is 2.82. The van der Waals surface area contributed by atoms with Gasteiger partial charge in [-0.25, -0.2) is 0 Å². The minimum absolute atomic E-state index is 0.0175. The van der Waals surface area contributed by atoms with E-state index in [4.69, 9.17) is 5.73 Å². The van der Waals surface area contributed by atoms with Crippen LogP contribution < -0.4 is 11.1 Å². The molecule has 0 aliphatic carbocycles. The molecular weight excluding hydrogens is 266 g/mol. The molecule has 1 aliphatic rings. The van der Waals surface area contributed by atoms with Crippen LogP contribution in [0.1, 0.15) is 40.5 Å². The van der Waals surface area contributed by atoms with E-state index in [1.807, 2.05) is 11.8 Å². The highest BCUT2D eigenvalue weighted by molar-refractivity contribution is 5.99. The van der Waals surface area contributed by atoms with Gasteiger partial charge in [0.15, 0.2) is 0 Å². The first-order valence-electron chi connectivity index (χ1n) is 7.53. The molecule has 21 heavy (non-hydrogen) atoms. The van der Waals surface area contributed by atoms with Crippen LogP contribution in [-0.2, 0) is 0 Å². The van der Waals surface area contributed by atoms with Gasteiger partial charge in [-0.05, 0) is 43.5 Å². The number of carbonyl (C=O) groups is 2. The monoisotopic (exact) mass is 289 g/mol. The van der Waals surface area contributed by atoms with Crippen molar-refractivity contribution in [3.63, 3.8) is 0 Å². The van der Waals surface area contributed by atoms with Crippen LogP contribution in [0.2, 0.25) is 0 Å². The molecule has 0 spiro atoms. The molecule has 3 N–H and O–H groups in total. The van der Waals surface area contributed by atoms with E-state index >= 15 is 0 Å². The molecule has 0 saturated carbocycles. The lowest BCUT2D eigenvalue weighted by atomic mass is 10.1. The average molecular weight is 289 g/mol. The molecule has 1 fully saturated rings. The van der Waals surface area contributed by atoms with Gasteiger partial charge >= 0.3 is 0 Å². The van der Waals surface area contributed by atoms with E-state index in [0.29, 0.717) is 36.7 Å². The highest BCUT2D eigenvalue weighted by Gasteiger charge is 2.26. The maximum absolute atomic E-state index is 12.5. The molecule has 1 aliphatic heterocycles. The zero-order valence-electron chi connectivity index (χ0n) is 12.5. The minimum atomic E-state index is -0.132. The Hall–Kier alpha value is -1.88. The van der Waals surface area contributed by atoms with Crippen LogP contribution in [0.15, 0.2) is 24.3 Å². The molecule has 5 nitrogen and oxygen atoms in total. The van der Waals surface area contributed by atoms with Gasteiger partial charge in [0.25, 0.3) is 11.8 Å². The predicted octanol–water partition coefficient (Wildman–Crippen LogP) is 1.25. The number of rotatable bonds is 5. The van der Waals surface area contributed by atoms with Gasteiger partial charge in [0.2, 0.25) is 0 Å². The Morgan fingerprint density at radius 2 is 2.14 bits per heavy atom. The quantitative estimate of drug-likeness (QED) is 0.856. The Bertz CT molecular complexity index is 516. The molecule has 114 valence electrons. The van der Waals surface area contributed by atoms with Crippen molar-refractivity contribution >= 4 is 11.8 Å². The number of hydrogen-bond acceptors (Lipinski definition) is 3. The Labute approximate surface area is 125 Å². The predicted molar refractivity (Wildman–Crippen MR) is 82.1 cm³/mol. The molecule has 1 aromatic carbocycles. The maximum Gasteiger partial charge on any atom is 0.253 e.